The summed E-state index contributed by atoms with van der Waals surface area (Å²) in [6.45, 7) is 8.61. The number of likely N-dealkylation sites (tertiary alicyclic amines) is 1. The number of hydrogen-bond donors (Lipinski definition) is 1. The van der Waals surface area contributed by atoms with Crippen LogP contribution in [0.2, 0.25) is 0 Å². The molecule has 4 nitrogen and oxygen atoms in total. The molecular weight excluding hydrogens is 250 g/mol. The van der Waals surface area contributed by atoms with E-state index in [-0.39, 0.29) is 0 Å². The van der Waals surface area contributed by atoms with E-state index in [1.165, 1.54) is 25.7 Å². The molecule has 1 saturated carbocycles. The predicted molar refractivity (Wildman–Crippen MR) is 82.4 cm³/mol. The second-order valence-corrected chi connectivity index (χ2v) is 6.64. The first kappa shape index (κ1) is 15.8. The molecule has 20 heavy (non-hydrogen) atoms. The van der Waals surface area contributed by atoms with Gasteiger partial charge in [-0.2, -0.15) is 0 Å². The Morgan fingerprint density at radius 2 is 2.10 bits per heavy atom. The van der Waals surface area contributed by atoms with Crippen molar-refractivity contribution in [2.75, 3.05) is 32.7 Å². The van der Waals surface area contributed by atoms with E-state index >= 15 is 0 Å². The quantitative estimate of drug-likeness (QED) is 0.834. The molecule has 1 saturated heterocycles. The number of hydrogen-bond acceptors (Lipinski definition) is 3. The van der Waals surface area contributed by atoms with Crippen LogP contribution in [-0.2, 0) is 4.79 Å². The maximum Gasteiger partial charge on any atom is 0.236 e. The molecule has 2 N–H and O–H groups in total. The van der Waals surface area contributed by atoms with Crippen LogP contribution in [0.15, 0.2) is 0 Å². The van der Waals surface area contributed by atoms with Crippen LogP contribution in [0.4, 0.5) is 0 Å². The van der Waals surface area contributed by atoms with Crippen molar-refractivity contribution < 1.29 is 4.79 Å². The third-order valence-corrected chi connectivity index (χ3v) is 5.14. The van der Waals surface area contributed by atoms with Crippen molar-refractivity contribution in [3.05, 3.63) is 0 Å². The van der Waals surface area contributed by atoms with Crippen LogP contribution in [0, 0.1) is 11.8 Å². The molecule has 3 atom stereocenters. The Kier molecular flexibility index (Phi) is 5.85. The predicted octanol–water partition coefficient (Wildman–Crippen LogP) is 1.69. The first-order valence-electron chi connectivity index (χ1n) is 8.37. The molecule has 0 aromatic carbocycles. The molecule has 0 aromatic heterocycles. The fourth-order valence-electron chi connectivity index (χ4n) is 3.93. The second-order valence-electron chi connectivity index (χ2n) is 6.64. The minimum absolute atomic E-state index is 0.320. The summed E-state index contributed by atoms with van der Waals surface area (Å²) >= 11 is 0. The van der Waals surface area contributed by atoms with E-state index in [0.29, 0.717) is 30.3 Å². The van der Waals surface area contributed by atoms with Crippen molar-refractivity contribution in [3.8, 4) is 0 Å². The lowest BCUT2D eigenvalue weighted by molar-refractivity contribution is -0.134. The van der Waals surface area contributed by atoms with E-state index in [1.54, 1.807) is 0 Å². The molecule has 1 amide bonds. The van der Waals surface area contributed by atoms with E-state index in [9.17, 15) is 4.79 Å². The van der Waals surface area contributed by atoms with Gasteiger partial charge in [0, 0.05) is 19.1 Å². The van der Waals surface area contributed by atoms with Gasteiger partial charge in [0.1, 0.15) is 0 Å². The van der Waals surface area contributed by atoms with Crippen LogP contribution in [0.25, 0.3) is 0 Å². The van der Waals surface area contributed by atoms with Gasteiger partial charge in [0.2, 0.25) is 5.91 Å². The average Bonchev–Trinajstić information content (AvgIpc) is 2.92. The van der Waals surface area contributed by atoms with Crippen molar-refractivity contribution in [3.63, 3.8) is 0 Å². The van der Waals surface area contributed by atoms with Gasteiger partial charge in [0.25, 0.3) is 0 Å². The van der Waals surface area contributed by atoms with Crippen LogP contribution in [0.3, 0.4) is 0 Å². The van der Waals surface area contributed by atoms with Gasteiger partial charge in [-0.15, -0.1) is 0 Å². The summed E-state index contributed by atoms with van der Waals surface area (Å²) in [4.78, 5) is 17.0. The maximum atomic E-state index is 12.5. The largest absolute Gasteiger partial charge is 0.341 e. The normalized spacial score (nSPS) is 31.0. The lowest BCUT2D eigenvalue weighted by atomic mass is 10.00. The Hall–Kier alpha value is -0.610. The van der Waals surface area contributed by atoms with Crippen molar-refractivity contribution in [1.82, 2.24) is 9.80 Å². The number of likely N-dealkylation sites (N-methyl/N-ethyl adjacent to an activating group) is 1. The highest BCUT2D eigenvalue weighted by molar-refractivity contribution is 5.78. The number of rotatable bonds is 5. The molecule has 2 rings (SSSR count). The number of carbonyl (C=O) groups excluding carboxylic acids is 1. The highest BCUT2D eigenvalue weighted by Gasteiger charge is 2.32. The molecular formula is C16H31N3O. The van der Waals surface area contributed by atoms with Crippen molar-refractivity contribution in [2.24, 2.45) is 17.6 Å². The summed E-state index contributed by atoms with van der Waals surface area (Å²) in [5.74, 6) is 1.56. The number of amides is 1. The Morgan fingerprint density at radius 1 is 1.30 bits per heavy atom. The van der Waals surface area contributed by atoms with Gasteiger partial charge in [-0.3, -0.25) is 9.69 Å². The Morgan fingerprint density at radius 3 is 2.75 bits per heavy atom. The molecule has 3 unspecified atom stereocenters. The van der Waals surface area contributed by atoms with Crippen LogP contribution in [0.1, 0.15) is 46.0 Å². The Labute approximate surface area is 123 Å². The summed E-state index contributed by atoms with van der Waals surface area (Å²) in [5, 5.41) is 0. The standard InChI is InChI=1S/C16H31N3O/c1-3-18(15-8-4-7-14(15)10-17)12-16(20)19-9-5-6-13(2)11-19/h13-15H,3-12,17H2,1-2H3. The zero-order valence-electron chi connectivity index (χ0n) is 13.2. The van der Waals surface area contributed by atoms with Crippen molar-refractivity contribution in [2.45, 2.75) is 52.0 Å². The minimum Gasteiger partial charge on any atom is -0.341 e. The summed E-state index contributed by atoms with van der Waals surface area (Å²) in [6, 6.07) is 0.524. The molecule has 2 fully saturated rings. The average molecular weight is 281 g/mol. The van der Waals surface area contributed by atoms with Crippen LogP contribution >= 0.6 is 0 Å². The topological polar surface area (TPSA) is 49.6 Å². The SMILES string of the molecule is CCN(CC(=O)N1CCCC(C)C1)C1CCCC1CN. The monoisotopic (exact) mass is 281 g/mol. The molecule has 116 valence electrons. The van der Waals surface area contributed by atoms with Gasteiger partial charge in [-0.25, -0.2) is 0 Å². The minimum atomic E-state index is 0.320. The van der Waals surface area contributed by atoms with Gasteiger partial charge in [0.05, 0.1) is 6.54 Å². The molecule has 0 radical (unpaired) electrons. The van der Waals surface area contributed by atoms with E-state index in [1.807, 2.05) is 0 Å². The van der Waals surface area contributed by atoms with Crippen LogP contribution in [0.5, 0.6) is 0 Å². The van der Waals surface area contributed by atoms with E-state index in [2.05, 4.69) is 23.6 Å². The smallest absolute Gasteiger partial charge is 0.236 e. The van der Waals surface area contributed by atoms with Crippen LogP contribution in [-0.4, -0.2) is 54.5 Å². The highest BCUT2D eigenvalue weighted by Crippen LogP contribution is 2.29. The molecule has 1 aliphatic carbocycles. The summed E-state index contributed by atoms with van der Waals surface area (Å²) in [7, 11) is 0. The summed E-state index contributed by atoms with van der Waals surface area (Å²) in [6.07, 6.45) is 6.12. The van der Waals surface area contributed by atoms with Crippen LogP contribution < -0.4 is 5.73 Å². The fourth-order valence-corrected chi connectivity index (χ4v) is 3.93. The van der Waals surface area contributed by atoms with Gasteiger partial charge in [0.15, 0.2) is 0 Å². The third kappa shape index (κ3) is 3.73. The number of nitrogens with two attached hydrogens (primary N) is 1. The zero-order chi connectivity index (χ0) is 14.5. The lowest BCUT2D eigenvalue weighted by Gasteiger charge is -2.35. The van der Waals surface area contributed by atoms with Gasteiger partial charge in [-0.1, -0.05) is 20.3 Å². The summed E-state index contributed by atoms with van der Waals surface area (Å²) in [5.41, 5.74) is 5.89. The van der Waals surface area contributed by atoms with Gasteiger partial charge < -0.3 is 10.6 Å². The zero-order valence-corrected chi connectivity index (χ0v) is 13.2. The maximum absolute atomic E-state index is 12.5. The van der Waals surface area contributed by atoms with E-state index in [4.69, 9.17) is 5.73 Å². The van der Waals surface area contributed by atoms with Gasteiger partial charge >= 0.3 is 0 Å². The molecule has 1 heterocycles. The number of piperidine rings is 1. The molecule has 0 spiro atoms. The summed E-state index contributed by atoms with van der Waals surface area (Å²) < 4.78 is 0. The Balaban J connectivity index is 1.90. The molecule has 4 heteroatoms. The first-order chi connectivity index (χ1) is 9.65. The third-order valence-electron chi connectivity index (χ3n) is 5.14. The first-order valence-corrected chi connectivity index (χ1v) is 8.37. The fraction of sp³-hybridized carbons (Fsp3) is 0.938. The van der Waals surface area contributed by atoms with E-state index < -0.39 is 0 Å². The molecule has 0 aromatic rings. The number of carbonyl (C=O) groups is 1. The highest BCUT2D eigenvalue weighted by atomic mass is 16.2. The molecule has 0 bridgehead atoms. The van der Waals surface area contributed by atoms with Gasteiger partial charge in [-0.05, 0) is 50.6 Å². The number of nitrogens with zero attached hydrogens (tertiary/aromatic N) is 2. The van der Waals surface area contributed by atoms with E-state index in [0.717, 1.165) is 32.6 Å². The lowest BCUT2D eigenvalue weighted by Crippen LogP contribution is -2.48. The second kappa shape index (κ2) is 7.41. The van der Waals surface area contributed by atoms with Crippen molar-refractivity contribution in [1.29, 1.82) is 0 Å². The van der Waals surface area contributed by atoms with Crippen molar-refractivity contribution >= 4 is 5.91 Å². The molecule has 2 aliphatic rings. The Bertz CT molecular complexity index is 321. The molecule has 1 aliphatic heterocycles.